The Morgan fingerprint density at radius 1 is 1.11 bits per heavy atom. The van der Waals surface area contributed by atoms with Gasteiger partial charge in [-0.3, -0.25) is 4.79 Å². The SMILES string of the molecule is CCCCS(=O)(=O)N1CCC(NC(=O)c2cc(OC)c(OC)c(OC)c2)CC1. The number of benzene rings is 1. The molecular weight excluding hydrogens is 384 g/mol. The average Bonchev–Trinajstić information content (AvgIpc) is 2.71. The molecule has 1 aliphatic rings. The van der Waals surface area contributed by atoms with Crippen molar-refractivity contribution in [3.63, 3.8) is 0 Å². The predicted octanol–water partition coefficient (Wildman–Crippen LogP) is 2.04. The Balaban J connectivity index is 2.01. The van der Waals surface area contributed by atoms with Crippen LogP contribution in [0.2, 0.25) is 0 Å². The molecule has 158 valence electrons. The smallest absolute Gasteiger partial charge is 0.251 e. The summed E-state index contributed by atoms with van der Waals surface area (Å²) >= 11 is 0. The molecule has 0 radical (unpaired) electrons. The van der Waals surface area contributed by atoms with E-state index in [-0.39, 0.29) is 17.7 Å². The van der Waals surface area contributed by atoms with Crippen molar-refractivity contribution in [1.29, 1.82) is 0 Å². The number of carbonyl (C=O) groups excluding carboxylic acids is 1. The van der Waals surface area contributed by atoms with Crippen molar-refractivity contribution in [2.75, 3.05) is 40.2 Å². The van der Waals surface area contributed by atoms with Crippen LogP contribution >= 0.6 is 0 Å². The molecule has 1 heterocycles. The second kappa shape index (κ2) is 9.97. The third-order valence-electron chi connectivity index (χ3n) is 4.87. The summed E-state index contributed by atoms with van der Waals surface area (Å²) in [5.74, 6) is 1.16. The molecule has 0 atom stereocenters. The van der Waals surface area contributed by atoms with Crippen LogP contribution in [0.25, 0.3) is 0 Å². The number of nitrogens with one attached hydrogen (secondary N) is 1. The number of nitrogens with zero attached hydrogens (tertiary/aromatic N) is 1. The fraction of sp³-hybridized carbons (Fsp3) is 0.632. The van der Waals surface area contributed by atoms with E-state index in [1.54, 1.807) is 12.1 Å². The molecule has 9 heteroatoms. The molecule has 0 aromatic heterocycles. The topological polar surface area (TPSA) is 94.2 Å². The lowest BCUT2D eigenvalue weighted by Gasteiger charge is -2.31. The van der Waals surface area contributed by atoms with E-state index in [1.165, 1.54) is 25.6 Å². The van der Waals surface area contributed by atoms with Crippen molar-refractivity contribution < 1.29 is 27.4 Å². The first kappa shape index (κ1) is 22.3. The van der Waals surface area contributed by atoms with Gasteiger partial charge in [0.15, 0.2) is 11.5 Å². The molecule has 2 rings (SSSR count). The van der Waals surface area contributed by atoms with Gasteiger partial charge in [-0.15, -0.1) is 0 Å². The zero-order valence-electron chi connectivity index (χ0n) is 17.0. The molecule has 0 aliphatic carbocycles. The Morgan fingerprint density at radius 3 is 2.14 bits per heavy atom. The molecule has 1 aromatic carbocycles. The molecular formula is C19H30N2O6S. The number of methoxy groups -OCH3 is 3. The number of rotatable bonds is 9. The summed E-state index contributed by atoms with van der Waals surface area (Å²) in [4.78, 5) is 12.7. The minimum absolute atomic E-state index is 0.0794. The van der Waals surface area contributed by atoms with Gasteiger partial charge < -0.3 is 19.5 Å². The third-order valence-corrected chi connectivity index (χ3v) is 6.82. The summed E-state index contributed by atoms with van der Waals surface area (Å²) in [7, 11) is 1.29. The van der Waals surface area contributed by atoms with Gasteiger partial charge in [0.25, 0.3) is 5.91 Å². The van der Waals surface area contributed by atoms with Gasteiger partial charge in [-0.05, 0) is 31.4 Å². The minimum atomic E-state index is -3.20. The lowest BCUT2D eigenvalue weighted by molar-refractivity contribution is 0.0923. The number of hydrogen-bond acceptors (Lipinski definition) is 6. The molecule has 1 amide bonds. The van der Waals surface area contributed by atoms with Gasteiger partial charge in [0, 0.05) is 24.7 Å². The molecule has 0 unspecified atom stereocenters. The monoisotopic (exact) mass is 414 g/mol. The third kappa shape index (κ3) is 5.29. The largest absolute Gasteiger partial charge is 0.493 e. The molecule has 1 fully saturated rings. The molecule has 1 N–H and O–H groups in total. The number of carbonyl (C=O) groups is 1. The normalized spacial score (nSPS) is 15.9. The number of piperidine rings is 1. The van der Waals surface area contributed by atoms with Crippen LogP contribution in [-0.4, -0.2) is 64.8 Å². The first-order valence-corrected chi connectivity index (χ1v) is 11.1. The van der Waals surface area contributed by atoms with Crippen molar-refractivity contribution >= 4 is 15.9 Å². The standard InChI is InChI=1S/C19H30N2O6S/c1-5-6-11-28(23,24)21-9-7-15(8-10-21)20-19(22)14-12-16(25-2)18(27-4)17(13-14)26-3/h12-13,15H,5-11H2,1-4H3,(H,20,22). The van der Waals surface area contributed by atoms with E-state index < -0.39 is 10.0 Å². The zero-order valence-corrected chi connectivity index (χ0v) is 17.8. The molecule has 0 spiro atoms. The Labute approximate surface area is 167 Å². The van der Waals surface area contributed by atoms with E-state index in [2.05, 4.69) is 5.32 Å². The summed E-state index contributed by atoms with van der Waals surface area (Å²) in [6, 6.07) is 3.12. The summed E-state index contributed by atoms with van der Waals surface area (Å²) in [5.41, 5.74) is 0.396. The first-order valence-electron chi connectivity index (χ1n) is 9.45. The van der Waals surface area contributed by atoms with Crippen molar-refractivity contribution in [1.82, 2.24) is 9.62 Å². The molecule has 28 heavy (non-hydrogen) atoms. The molecule has 8 nitrogen and oxygen atoms in total. The maximum atomic E-state index is 12.7. The van der Waals surface area contributed by atoms with Crippen LogP contribution in [0.5, 0.6) is 17.2 Å². The van der Waals surface area contributed by atoms with Gasteiger partial charge in [-0.25, -0.2) is 12.7 Å². The Hall–Kier alpha value is -2.00. The van der Waals surface area contributed by atoms with Crippen molar-refractivity contribution in [3.8, 4) is 17.2 Å². The molecule has 0 saturated carbocycles. The number of ether oxygens (including phenoxy) is 3. The Kier molecular flexibility index (Phi) is 7.94. The van der Waals surface area contributed by atoms with Gasteiger partial charge in [-0.2, -0.15) is 0 Å². The van der Waals surface area contributed by atoms with Gasteiger partial charge >= 0.3 is 0 Å². The molecule has 0 bridgehead atoms. The van der Waals surface area contributed by atoms with E-state index in [0.717, 1.165) is 6.42 Å². The Morgan fingerprint density at radius 2 is 1.68 bits per heavy atom. The van der Waals surface area contributed by atoms with E-state index in [4.69, 9.17) is 14.2 Å². The fourth-order valence-corrected chi connectivity index (χ4v) is 4.89. The summed E-state index contributed by atoms with van der Waals surface area (Å²) in [6.07, 6.45) is 2.68. The van der Waals surface area contributed by atoms with Gasteiger partial charge in [0.1, 0.15) is 0 Å². The van der Waals surface area contributed by atoms with E-state index in [9.17, 15) is 13.2 Å². The molecule has 1 aromatic rings. The number of unbranched alkanes of at least 4 members (excludes halogenated alkanes) is 1. The number of amides is 1. The van der Waals surface area contributed by atoms with Crippen molar-refractivity contribution in [3.05, 3.63) is 17.7 Å². The lowest BCUT2D eigenvalue weighted by atomic mass is 10.1. The zero-order chi connectivity index (χ0) is 20.7. The second-order valence-electron chi connectivity index (χ2n) is 6.73. The number of sulfonamides is 1. The van der Waals surface area contributed by atoms with Crippen LogP contribution in [0, 0.1) is 0 Å². The maximum absolute atomic E-state index is 12.7. The van der Waals surface area contributed by atoms with Crippen LogP contribution in [0.15, 0.2) is 12.1 Å². The lowest BCUT2D eigenvalue weighted by Crippen LogP contribution is -2.47. The van der Waals surface area contributed by atoms with Gasteiger partial charge in [0.05, 0.1) is 27.1 Å². The predicted molar refractivity (Wildman–Crippen MR) is 107 cm³/mol. The van der Waals surface area contributed by atoms with Crippen LogP contribution < -0.4 is 19.5 Å². The first-order chi connectivity index (χ1) is 13.4. The molecule has 1 aliphatic heterocycles. The highest BCUT2D eigenvalue weighted by Gasteiger charge is 2.28. The second-order valence-corrected chi connectivity index (χ2v) is 8.82. The summed E-state index contributed by atoms with van der Waals surface area (Å²) < 4.78 is 42.0. The summed E-state index contributed by atoms with van der Waals surface area (Å²) in [5, 5.41) is 2.98. The highest BCUT2D eigenvalue weighted by atomic mass is 32.2. The van der Waals surface area contributed by atoms with Crippen LogP contribution in [0.4, 0.5) is 0 Å². The van der Waals surface area contributed by atoms with Crippen LogP contribution in [0.1, 0.15) is 43.0 Å². The maximum Gasteiger partial charge on any atom is 0.251 e. The van der Waals surface area contributed by atoms with E-state index in [1.807, 2.05) is 6.92 Å². The van der Waals surface area contributed by atoms with Crippen molar-refractivity contribution in [2.45, 2.75) is 38.6 Å². The van der Waals surface area contributed by atoms with Gasteiger partial charge in [0.2, 0.25) is 15.8 Å². The van der Waals surface area contributed by atoms with E-state index >= 15 is 0 Å². The Bertz CT molecular complexity index is 748. The fourth-order valence-electron chi connectivity index (χ4n) is 3.22. The minimum Gasteiger partial charge on any atom is -0.493 e. The van der Waals surface area contributed by atoms with Crippen LogP contribution in [-0.2, 0) is 10.0 Å². The average molecular weight is 415 g/mol. The summed E-state index contributed by atoms with van der Waals surface area (Å²) in [6.45, 7) is 2.82. The van der Waals surface area contributed by atoms with E-state index in [0.29, 0.717) is 55.2 Å². The highest BCUT2D eigenvalue weighted by molar-refractivity contribution is 7.89. The highest BCUT2D eigenvalue weighted by Crippen LogP contribution is 2.38. The quantitative estimate of drug-likeness (QED) is 0.665. The van der Waals surface area contributed by atoms with Gasteiger partial charge in [-0.1, -0.05) is 13.3 Å². The number of hydrogen-bond donors (Lipinski definition) is 1. The van der Waals surface area contributed by atoms with Crippen molar-refractivity contribution in [2.24, 2.45) is 0 Å². The molecule has 1 saturated heterocycles. The van der Waals surface area contributed by atoms with Crippen LogP contribution in [0.3, 0.4) is 0 Å².